The number of ether oxygens (including phenoxy) is 1. The van der Waals surface area contributed by atoms with Gasteiger partial charge in [-0.2, -0.15) is 0 Å². The molecule has 1 N–H and O–H groups in total. The Bertz CT molecular complexity index is 316. The molecular weight excluding hydrogens is 190 g/mol. The molecule has 0 bridgehead atoms. The van der Waals surface area contributed by atoms with E-state index in [-0.39, 0.29) is 0 Å². The Labute approximate surface area is 90.6 Å². The molecular formula is C11H19N3O. The van der Waals surface area contributed by atoms with Gasteiger partial charge in [-0.15, -0.1) is 0 Å². The molecule has 1 atom stereocenters. The predicted octanol–water partition coefficient (Wildman–Crippen LogP) is 1.80. The van der Waals surface area contributed by atoms with Crippen molar-refractivity contribution in [3.63, 3.8) is 0 Å². The van der Waals surface area contributed by atoms with Gasteiger partial charge in [0.15, 0.2) is 0 Å². The van der Waals surface area contributed by atoms with Gasteiger partial charge in [-0.1, -0.05) is 0 Å². The molecule has 84 valence electrons. The number of aromatic nitrogens is 2. The van der Waals surface area contributed by atoms with Crippen molar-refractivity contribution in [2.75, 3.05) is 18.5 Å². The molecule has 4 nitrogen and oxygen atoms in total. The summed E-state index contributed by atoms with van der Waals surface area (Å²) in [7, 11) is 0. The van der Waals surface area contributed by atoms with Gasteiger partial charge < -0.3 is 14.6 Å². The Hall–Kier alpha value is -1.03. The molecule has 0 saturated carbocycles. The van der Waals surface area contributed by atoms with Gasteiger partial charge in [-0.05, 0) is 26.7 Å². The quantitative estimate of drug-likeness (QED) is 0.822. The zero-order valence-electron chi connectivity index (χ0n) is 9.49. The zero-order chi connectivity index (χ0) is 10.7. The average molecular weight is 209 g/mol. The smallest absolute Gasteiger partial charge is 0.203 e. The van der Waals surface area contributed by atoms with E-state index in [1.807, 2.05) is 6.92 Å². The van der Waals surface area contributed by atoms with Gasteiger partial charge in [0, 0.05) is 25.9 Å². The first-order valence-electron chi connectivity index (χ1n) is 5.69. The normalized spacial score (nSPS) is 20.8. The minimum absolute atomic E-state index is 0.368. The number of nitrogens with zero attached hydrogens (tertiary/aromatic N) is 2. The highest BCUT2D eigenvalue weighted by Gasteiger charge is 2.15. The van der Waals surface area contributed by atoms with E-state index in [4.69, 9.17) is 4.74 Å². The molecule has 0 aliphatic carbocycles. The van der Waals surface area contributed by atoms with Crippen LogP contribution in [0.15, 0.2) is 6.20 Å². The summed E-state index contributed by atoms with van der Waals surface area (Å²) in [5.74, 6) is 0.963. The number of imidazole rings is 1. The largest absolute Gasteiger partial charge is 0.376 e. The first-order chi connectivity index (χ1) is 7.29. The Morgan fingerprint density at radius 1 is 1.67 bits per heavy atom. The fourth-order valence-electron chi connectivity index (χ4n) is 1.94. The van der Waals surface area contributed by atoms with E-state index in [9.17, 15) is 0 Å². The third-order valence-electron chi connectivity index (χ3n) is 2.75. The predicted molar refractivity (Wildman–Crippen MR) is 60.1 cm³/mol. The molecule has 1 aliphatic heterocycles. The van der Waals surface area contributed by atoms with Gasteiger partial charge in [0.2, 0.25) is 5.95 Å². The molecule has 4 heteroatoms. The summed E-state index contributed by atoms with van der Waals surface area (Å²) in [4.78, 5) is 4.44. The lowest BCUT2D eigenvalue weighted by Gasteiger charge is -2.11. The summed E-state index contributed by atoms with van der Waals surface area (Å²) < 4.78 is 7.68. The molecule has 1 fully saturated rings. The zero-order valence-corrected chi connectivity index (χ0v) is 9.49. The Kier molecular flexibility index (Phi) is 3.26. The number of hydrogen-bond donors (Lipinski definition) is 1. The fraction of sp³-hybridized carbons (Fsp3) is 0.727. The van der Waals surface area contributed by atoms with Crippen molar-refractivity contribution in [2.24, 2.45) is 0 Å². The van der Waals surface area contributed by atoms with Crippen LogP contribution >= 0.6 is 0 Å². The topological polar surface area (TPSA) is 39.1 Å². The van der Waals surface area contributed by atoms with Crippen LogP contribution in [0.25, 0.3) is 0 Å². The second kappa shape index (κ2) is 4.66. The maximum atomic E-state index is 5.56. The van der Waals surface area contributed by atoms with Gasteiger partial charge in [-0.3, -0.25) is 0 Å². The molecule has 0 aromatic carbocycles. The van der Waals surface area contributed by atoms with E-state index >= 15 is 0 Å². The fourth-order valence-corrected chi connectivity index (χ4v) is 1.94. The SMILES string of the molecule is CCn1cc(C)nc1NCC1CCCO1. The van der Waals surface area contributed by atoms with Crippen molar-refractivity contribution in [2.45, 2.75) is 39.3 Å². The third kappa shape index (κ3) is 2.50. The van der Waals surface area contributed by atoms with Crippen LogP contribution in [0, 0.1) is 6.92 Å². The van der Waals surface area contributed by atoms with Crippen LogP contribution in [-0.4, -0.2) is 28.8 Å². The van der Waals surface area contributed by atoms with Crippen LogP contribution < -0.4 is 5.32 Å². The first kappa shape index (κ1) is 10.5. The van der Waals surface area contributed by atoms with E-state index in [2.05, 4.69) is 28.0 Å². The highest BCUT2D eigenvalue weighted by molar-refractivity contribution is 5.28. The molecule has 1 aromatic heterocycles. The Morgan fingerprint density at radius 2 is 2.53 bits per heavy atom. The van der Waals surface area contributed by atoms with Crippen LogP contribution in [0.4, 0.5) is 5.95 Å². The second-order valence-electron chi connectivity index (χ2n) is 4.01. The van der Waals surface area contributed by atoms with Crippen molar-refractivity contribution in [3.8, 4) is 0 Å². The number of aryl methyl sites for hydroxylation is 2. The summed E-state index contributed by atoms with van der Waals surface area (Å²) in [6.45, 7) is 6.88. The molecule has 1 aromatic rings. The third-order valence-corrected chi connectivity index (χ3v) is 2.75. The van der Waals surface area contributed by atoms with Crippen LogP contribution in [0.2, 0.25) is 0 Å². The maximum absolute atomic E-state index is 5.56. The number of hydrogen-bond acceptors (Lipinski definition) is 3. The van der Waals surface area contributed by atoms with E-state index in [0.717, 1.165) is 31.3 Å². The lowest BCUT2D eigenvalue weighted by Crippen LogP contribution is -2.20. The van der Waals surface area contributed by atoms with Crippen molar-refractivity contribution in [1.29, 1.82) is 0 Å². The van der Waals surface area contributed by atoms with E-state index < -0.39 is 0 Å². The molecule has 2 rings (SSSR count). The Morgan fingerprint density at radius 3 is 3.20 bits per heavy atom. The van der Waals surface area contributed by atoms with Crippen LogP contribution in [0.3, 0.4) is 0 Å². The van der Waals surface area contributed by atoms with Crippen molar-refractivity contribution in [1.82, 2.24) is 9.55 Å². The van der Waals surface area contributed by atoms with E-state index in [1.165, 1.54) is 12.8 Å². The molecule has 0 amide bonds. The van der Waals surface area contributed by atoms with Crippen LogP contribution in [-0.2, 0) is 11.3 Å². The van der Waals surface area contributed by atoms with Crippen molar-refractivity contribution < 1.29 is 4.74 Å². The van der Waals surface area contributed by atoms with E-state index in [0.29, 0.717) is 6.10 Å². The molecule has 1 unspecified atom stereocenters. The number of rotatable bonds is 4. The lowest BCUT2D eigenvalue weighted by molar-refractivity contribution is 0.120. The Balaban J connectivity index is 1.91. The van der Waals surface area contributed by atoms with Gasteiger partial charge in [0.25, 0.3) is 0 Å². The highest BCUT2D eigenvalue weighted by atomic mass is 16.5. The number of nitrogens with one attached hydrogen (secondary N) is 1. The standard InChI is InChI=1S/C11H19N3O/c1-3-14-8-9(2)13-11(14)12-7-10-5-4-6-15-10/h8,10H,3-7H2,1-2H3,(H,12,13). The van der Waals surface area contributed by atoms with Crippen molar-refractivity contribution >= 4 is 5.95 Å². The molecule has 15 heavy (non-hydrogen) atoms. The minimum Gasteiger partial charge on any atom is -0.376 e. The minimum atomic E-state index is 0.368. The van der Waals surface area contributed by atoms with Crippen LogP contribution in [0.5, 0.6) is 0 Å². The van der Waals surface area contributed by atoms with Gasteiger partial charge in [0.05, 0.1) is 11.8 Å². The van der Waals surface area contributed by atoms with Crippen LogP contribution in [0.1, 0.15) is 25.5 Å². The average Bonchev–Trinajstić information content (AvgIpc) is 2.83. The summed E-state index contributed by atoms with van der Waals surface area (Å²) in [5, 5.41) is 3.35. The van der Waals surface area contributed by atoms with Gasteiger partial charge >= 0.3 is 0 Å². The number of anilines is 1. The molecule has 0 radical (unpaired) electrons. The maximum Gasteiger partial charge on any atom is 0.203 e. The van der Waals surface area contributed by atoms with Gasteiger partial charge in [-0.25, -0.2) is 4.98 Å². The highest BCUT2D eigenvalue weighted by Crippen LogP contribution is 2.14. The summed E-state index contributed by atoms with van der Waals surface area (Å²) >= 11 is 0. The molecule has 2 heterocycles. The molecule has 1 saturated heterocycles. The lowest BCUT2D eigenvalue weighted by atomic mass is 10.2. The molecule has 0 spiro atoms. The van der Waals surface area contributed by atoms with E-state index in [1.54, 1.807) is 0 Å². The summed E-state index contributed by atoms with van der Waals surface area (Å²) in [5.41, 5.74) is 1.06. The van der Waals surface area contributed by atoms with Gasteiger partial charge in [0.1, 0.15) is 0 Å². The summed E-state index contributed by atoms with van der Waals surface area (Å²) in [6, 6.07) is 0. The second-order valence-corrected chi connectivity index (χ2v) is 4.01. The molecule has 1 aliphatic rings. The van der Waals surface area contributed by atoms with Crippen molar-refractivity contribution in [3.05, 3.63) is 11.9 Å². The monoisotopic (exact) mass is 209 g/mol. The first-order valence-corrected chi connectivity index (χ1v) is 5.69. The summed E-state index contributed by atoms with van der Waals surface area (Å²) in [6.07, 6.45) is 4.79.